The van der Waals surface area contributed by atoms with Crippen molar-refractivity contribution >= 4 is 45.8 Å². The number of carboxylic acids is 1. The van der Waals surface area contributed by atoms with Gasteiger partial charge in [-0.1, -0.05) is 12.1 Å². The van der Waals surface area contributed by atoms with Crippen LogP contribution in [0.3, 0.4) is 0 Å². The van der Waals surface area contributed by atoms with Crippen molar-refractivity contribution in [1.29, 1.82) is 0 Å². The minimum atomic E-state index is -1.40. The molecular weight excluding hydrogens is 415 g/mol. The van der Waals surface area contributed by atoms with Crippen LogP contribution in [0.15, 0.2) is 36.4 Å². The molecule has 2 aromatic rings. The van der Waals surface area contributed by atoms with Crippen molar-refractivity contribution in [2.75, 3.05) is 5.32 Å². The molecule has 0 bridgehead atoms. The first-order chi connectivity index (χ1) is 10.8. The number of anilines is 1. The number of rotatable bonds is 4. The van der Waals surface area contributed by atoms with Crippen LogP contribution in [-0.2, 0) is 0 Å². The summed E-state index contributed by atoms with van der Waals surface area (Å²) in [7, 11) is 0. The van der Waals surface area contributed by atoms with E-state index in [-0.39, 0.29) is 0 Å². The first-order valence-corrected chi connectivity index (χ1v) is 7.47. The van der Waals surface area contributed by atoms with Crippen LogP contribution in [0.4, 0.5) is 11.4 Å². The molecule has 0 aliphatic rings. The number of aromatic carboxylic acids is 1. The van der Waals surface area contributed by atoms with Crippen molar-refractivity contribution < 1.29 is 19.6 Å². The summed E-state index contributed by atoms with van der Waals surface area (Å²) in [5.74, 6) is -2.24. The Labute approximate surface area is 144 Å². The highest BCUT2D eigenvalue weighted by molar-refractivity contribution is 14.1. The fraction of sp³-hybridized carbons (Fsp3) is 0.0667. The van der Waals surface area contributed by atoms with E-state index in [2.05, 4.69) is 27.9 Å². The van der Waals surface area contributed by atoms with Crippen LogP contribution < -0.4 is 5.32 Å². The SMILES string of the molecule is Cc1ccc(I)cc1NC(=O)c1c(C(=O)O)cccc1[N+](=O)[O-]. The highest BCUT2D eigenvalue weighted by Gasteiger charge is 2.27. The third-order valence-electron chi connectivity index (χ3n) is 3.14. The Balaban J connectivity index is 2.52. The Morgan fingerprint density at radius 1 is 1.26 bits per heavy atom. The van der Waals surface area contributed by atoms with E-state index in [0.29, 0.717) is 5.69 Å². The number of amides is 1. The number of nitrogens with zero attached hydrogens (tertiary/aromatic N) is 1. The molecule has 2 aromatic carbocycles. The van der Waals surface area contributed by atoms with Crippen LogP contribution in [0.5, 0.6) is 0 Å². The van der Waals surface area contributed by atoms with Gasteiger partial charge in [-0.25, -0.2) is 4.79 Å². The second kappa shape index (κ2) is 6.73. The molecule has 0 unspecified atom stereocenters. The Hall–Kier alpha value is -2.49. The Morgan fingerprint density at radius 2 is 1.96 bits per heavy atom. The Morgan fingerprint density at radius 3 is 2.57 bits per heavy atom. The fourth-order valence-electron chi connectivity index (χ4n) is 2.02. The summed E-state index contributed by atoms with van der Waals surface area (Å²) in [4.78, 5) is 34.0. The van der Waals surface area contributed by atoms with Crippen LogP contribution >= 0.6 is 22.6 Å². The number of carboxylic acid groups (broad SMARTS) is 1. The number of nitro benzene ring substituents is 1. The lowest BCUT2D eigenvalue weighted by molar-refractivity contribution is -0.385. The van der Waals surface area contributed by atoms with Gasteiger partial charge in [-0.05, 0) is 53.3 Å². The number of carbonyl (C=O) groups excluding carboxylic acids is 1. The van der Waals surface area contributed by atoms with Gasteiger partial charge in [-0.3, -0.25) is 14.9 Å². The summed E-state index contributed by atoms with van der Waals surface area (Å²) in [5.41, 5.74) is -0.209. The highest BCUT2D eigenvalue weighted by atomic mass is 127. The average Bonchev–Trinajstić information content (AvgIpc) is 2.49. The number of halogens is 1. The van der Waals surface area contributed by atoms with Gasteiger partial charge in [0.05, 0.1) is 10.5 Å². The van der Waals surface area contributed by atoms with Gasteiger partial charge >= 0.3 is 5.97 Å². The first kappa shape index (κ1) is 16.9. The molecule has 0 spiro atoms. The number of nitrogens with one attached hydrogen (secondary N) is 1. The molecular formula is C15H11IN2O5. The van der Waals surface area contributed by atoms with Crippen LogP contribution in [-0.4, -0.2) is 21.9 Å². The number of hydrogen-bond acceptors (Lipinski definition) is 4. The molecule has 8 heteroatoms. The van der Waals surface area contributed by atoms with Gasteiger partial charge in [0.25, 0.3) is 11.6 Å². The summed E-state index contributed by atoms with van der Waals surface area (Å²) < 4.78 is 0.865. The van der Waals surface area contributed by atoms with Crippen molar-refractivity contribution in [2.45, 2.75) is 6.92 Å². The lowest BCUT2D eigenvalue weighted by atomic mass is 10.0. The maximum atomic E-state index is 12.4. The quantitative estimate of drug-likeness (QED) is 0.442. The standard InChI is InChI=1S/C15H11IN2O5/c1-8-5-6-9(16)7-11(8)17-14(19)13-10(15(20)21)3-2-4-12(13)18(22)23/h2-7H,1H3,(H,17,19)(H,20,21). The van der Waals surface area contributed by atoms with E-state index in [1.54, 1.807) is 19.1 Å². The van der Waals surface area contributed by atoms with E-state index in [4.69, 9.17) is 0 Å². The van der Waals surface area contributed by atoms with Crippen LogP contribution in [0.1, 0.15) is 26.3 Å². The van der Waals surface area contributed by atoms with Gasteiger partial charge in [0.2, 0.25) is 0 Å². The van der Waals surface area contributed by atoms with Gasteiger partial charge in [0.1, 0.15) is 5.56 Å². The molecule has 118 valence electrons. The molecule has 2 N–H and O–H groups in total. The second-order valence-corrected chi connectivity index (χ2v) is 5.92. The summed E-state index contributed by atoms with van der Waals surface area (Å²) in [6.07, 6.45) is 0. The minimum absolute atomic E-state index is 0.417. The van der Waals surface area contributed by atoms with E-state index in [0.717, 1.165) is 21.3 Å². The molecule has 0 atom stereocenters. The molecule has 0 heterocycles. The predicted molar refractivity (Wildman–Crippen MR) is 91.9 cm³/mol. The van der Waals surface area contributed by atoms with Gasteiger partial charge in [-0.2, -0.15) is 0 Å². The predicted octanol–water partition coefficient (Wildman–Crippen LogP) is 3.46. The number of carbonyl (C=O) groups is 2. The van der Waals surface area contributed by atoms with Gasteiger partial charge in [0.15, 0.2) is 0 Å². The largest absolute Gasteiger partial charge is 0.478 e. The molecule has 0 radical (unpaired) electrons. The molecule has 2 rings (SSSR count). The normalized spacial score (nSPS) is 10.2. The molecule has 23 heavy (non-hydrogen) atoms. The number of nitro groups is 1. The van der Waals surface area contributed by atoms with Crippen molar-refractivity contribution in [2.24, 2.45) is 0 Å². The summed E-state index contributed by atoms with van der Waals surface area (Å²) >= 11 is 2.06. The van der Waals surface area contributed by atoms with Crippen molar-refractivity contribution in [3.63, 3.8) is 0 Å². The van der Waals surface area contributed by atoms with Crippen molar-refractivity contribution in [3.05, 3.63) is 66.8 Å². The van der Waals surface area contributed by atoms with Crippen LogP contribution in [0.25, 0.3) is 0 Å². The van der Waals surface area contributed by atoms with E-state index in [1.165, 1.54) is 6.07 Å². The fourth-order valence-corrected chi connectivity index (χ4v) is 2.51. The Bertz CT molecular complexity index is 787. The zero-order valence-corrected chi connectivity index (χ0v) is 14.0. The maximum absolute atomic E-state index is 12.4. The third-order valence-corrected chi connectivity index (χ3v) is 3.82. The molecule has 0 fully saturated rings. The molecule has 1 amide bonds. The van der Waals surface area contributed by atoms with Crippen LogP contribution in [0, 0.1) is 20.6 Å². The molecule has 7 nitrogen and oxygen atoms in total. The lowest BCUT2D eigenvalue weighted by Crippen LogP contribution is -2.19. The van der Waals surface area contributed by atoms with E-state index < -0.39 is 33.6 Å². The Kier molecular flexibility index (Phi) is 4.94. The van der Waals surface area contributed by atoms with Crippen molar-refractivity contribution in [3.8, 4) is 0 Å². The van der Waals surface area contributed by atoms with Gasteiger partial charge in [0, 0.05) is 15.3 Å². The van der Waals surface area contributed by atoms with E-state index in [1.807, 2.05) is 6.07 Å². The monoisotopic (exact) mass is 426 g/mol. The topological polar surface area (TPSA) is 110 Å². The first-order valence-electron chi connectivity index (χ1n) is 6.39. The zero-order chi connectivity index (χ0) is 17.1. The minimum Gasteiger partial charge on any atom is -0.478 e. The highest BCUT2D eigenvalue weighted by Crippen LogP contribution is 2.25. The van der Waals surface area contributed by atoms with E-state index >= 15 is 0 Å². The molecule has 0 saturated carbocycles. The molecule has 0 aliphatic heterocycles. The summed E-state index contributed by atoms with van der Waals surface area (Å²) in [5, 5.41) is 22.8. The third kappa shape index (κ3) is 3.65. The summed E-state index contributed by atoms with van der Waals surface area (Å²) in [6.45, 7) is 1.77. The maximum Gasteiger partial charge on any atom is 0.336 e. The number of aryl methyl sites for hydroxylation is 1. The zero-order valence-electron chi connectivity index (χ0n) is 11.9. The summed E-state index contributed by atoms with van der Waals surface area (Å²) in [6, 6.07) is 8.82. The van der Waals surface area contributed by atoms with E-state index in [9.17, 15) is 24.8 Å². The molecule has 0 aromatic heterocycles. The smallest absolute Gasteiger partial charge is 0.336 e. The average molecular weight is 426 g/mol. The van der Waals surface area contributed by atoms with Crippen molar-refractivity contribution in [1.82, 2.24) is 0 Å². The lowest BCUT2D eigenvalue weighted by Gasteiger charge is -2.11. The van der Waals surface area contributed by atoms with Crippen LogP contribution in [0.2, 0.25) is 0 Å². The van der Waals surface area contributed by atoms with Gasteiger partial charge in [-0.15, -0.1) is 0 Å². The van der Waals surface area contributed by atoms with Gasteiger partial charge < -0.3 is 10.4 Å². The second-order valence-electron chi connectivity index (χ2n) is 4.68. The molecule has 0 saturated heterocycles. The number of hydrogen-bond donors (Lipinski definition) is 2. The molecule has 0 aliphatic carbocycles. The number of benzene rings is 2.